The Morgan fingerprint density at radius 2 is 1.56 bits per heavy atom. The van der Waals surface area contributed by atoms with Gasteiger partial charge in [-0.2, -0.15) is 0 Å². The van der Waals surface area contributed by atoms with E-state index in [-0.39, 0.29) is 29.4 Å². The van der Waals surface area contributed by atoms with Crippen molar-refractivity contribution in [1.82, 2.24) is 9.80 Å². The van der Waals surface area contributed by atoms with Crippen molar-refractivity contribution in [3.8, 4) is 0 Å². The predicted molar refractivity (Wildman–Crippen MR) is 95.7 cm³/mol. The molecule has 0 aliphatic carbocycles. The molecule has 0 radical (unpaired) electrons. The van der Waals surface area contributed by atoms with Gasteiger partial charge < -0.3 is 9.80 Å². The molecular formula is C19H18FN3O4. The Hall–Kier alpha value is -3.29. The molecule has 0 atom stereocenters. The first-order valence-electron chi connectivity index (χ1n) is 8.50. The van der Waals surface area contributed by atoms with Gasteiger partial charge in [-0.1, -0.05) is 24.3 Å². The fourth-order valence-corrected chi connectivity index (χ4v) is 3.03. The number of amides is 2. The third-order valence-corrected chi connectivity index (χ3v) is 4.52. The molecule has 7 nitrogen and oxygen atoms in total. The van der Waals surface area contributed by atoms with Gasteiger partial charge in [-0.25, -0.2) is 4.39 Å². The van der Waals surface area contributed by atoms with Crippen molar-refractivity contribution < 1.29 is 18.9 Å². The maximum absolute atomic E-state index is 12.9. The lowest BCUT2D eigenvalue weighted by Crippen LogP contribution is -2.51. The fourth-order valence-electron chi connectivity index (χ4n) is 3.03. The van der Waals surface area contributed by atoms with E-state index in [0.717, 1.165) is 5.56 Å². The molecule has 27 heavy (non-hydrogen) atoms. The van der Waals surface area contributed by atoms with Crippen molar-refractivity contribution in [2.75, 3.05) is 26.2 Å². The van der Waals surface area contributed by atoms with Crippen molar-refractivity contribution in [2.24, 2.45) is 0 Å². The fraction of sp³-hybridized carbons (Fsp3) is 0.263. The lowest BCUT2D eigenvalue weighted by atomic mass is 10.1. The van der Waals surface area contributed by atoms with Crippen LogP contribution in [0.2, 0.25) is 0 Å². The van der Waals surface area contributed by atoms with Crippen molar-refractivity contribution in [3.05, 3.63) is 75.6 Å². The summed E-state index contributed by atoms with van der Waals surface area (Å²) in [5.41, 5.74) is 0.547. The van der Waals surface area contributed by atoms with Crippen LogP contribution in [0.1, 0.15) is 15.9 Å². The summed E-state index contributed by atoms with van der Waals surface area (Å²) in [6.45, 7) is 1.32. The molecule has 1 aliphatic heterocycles. The first-order valence-corrected chi connectivity index (χ1v) is 8.50. The molecule has 0 saturated carbocycles. The molecule has 8 heteroatoms. The maximum Gasteiger partial charge on any atom is 0.282 e. The number of hydrogen-bond donors (Lipinski definition) is 0. The number of benzene rings is 2. The smallest absolute Gasteiger partial charge is 0.282 e. The quantitative estimate of drug-likeness (QED) is 0.610. The summed E-state index contributed by atoms with van der Waals surface area (Å²) in [6, 6.07) is 11.6. The van der Waals surface area contributed by atoms with Crippen LogP contribution in [0.4, 0.5) is 10.1 Å². The van der Waals surface area contributed by atoms with Crippen LogP contribution in [-0.4, -0.2) is 52.7 Å². The average Bonchev–Trinajstić information content (AvgIpc) is 2.69. The van der Waals surface area contributed by atoms with Crippen LogP contribution >= 0.6 is 0 Å². The minimum Gasteiger partial charge on any atom is -0.339 e. The first-order chi connectivity index (χ1) is 13.0. The lowest BCUT2D eigenvalue weighted by molar-refractivity contribution is -0.385. The summed E-state index contributed by atoms with van der Waals surface area (Å²) in [5, 5.41) is 11.1. The Bertz CT molecular complexity index is 862. The summed E-state index contributed by atoms with van der Waals surface area (Å²) < 4.78 is 12.9. The van der Waals surface area contributed by atoms with Crippen LogP contribution in [-0.2, 0) is 11.2 Å². The number of rotatable bonds is 4. The summed E-state index contributed by atoms with van der Waals surface area (Å²) in [6.07, 6.45) is 0.165. The van der Waals surface area contributed by atoms with Gasteiger partial charge >= 0.3 is 0 Å². The molecule has 0 spiro atoms. The summed E-state index contributed by atoms with van der Waals surface area (Å²) in [4.78, 5) is 38.7. The number of halogens is 1. The van der Waals surface area contributed by atoms with Gasteiger partial charge in [0, 0.05) is 32.2 Å². The van der Waals surface area contributed by atoms with Gasteiger partial charge in [0.1, 0.15) is 11.4 Å². The van der Waals surface area contributed by atoms with E-state index < -0.39 is 10.8 Å². The molecule has 0 N–H and O–H groups in total. The molecule has 1 saturated heterocycles. The Balaban J connectivity index is 1.60. The van der Waals surface area contributed by atoms with E-state index in [9.17, 15) is 24.1 Å². The Morgan fingerprint density at radius 3 is 2.19 bits per heavy atom. The Kier molecular flexibility index (Phi) is 5.44. The molecule has 140 valence electrons. The summed E-state index contributed by atoms with van der Waals surface area (Å²) >= 11 is 0. The number of nitrogens with zero attached hydrogens (tertiary/aromatic N) is 3. The van der Waals surface area contributed by atoms with E-state index in [1.54, 1.807) is 23.1 Å². The first kappa shape index (κ1) is 18.5. The molecule has 3 rings (SSSR count). The molecule has 1 aliphatic rings. The van der Waals surface area contributed by atoms with E-state index >= 15 is 0 Å². The zero-order valence-electron chi connectivity index (χ0n) is 14.5. The molecule has 2 amide bonds. The average molecular weight is 371 g/mol. The van der Waals surface area contributed by atoms with E-state index in [4.69, 9.17) is 0 Å². The second-order valence-electron chi connectivity index (χ2n) is 6.25. The second kappa shape index (κ2) is 7.94. The SMILES string of the molecule is O=C(Cc1ccc(F)cc1)N1CCN(C(=O)c2ccccc2[N+](=O)[O-])CC1. The Morgan fingerprint density at radius 1 is 0.963 bits per heavy atom. The highest BCUT2D eigenvalue weighted by atomic mass is 19.1. The lowest BCUT2D eigenvalue weighted by Gasteiger charge is -2.34. The van der Waals surface area contributed by atoms with Gasteiger partial charge in [-0.05, 0) is 23.8 Å². The molecule has 0 aromatic heterocycles. The molecule has 1 fully saturated rings. The summed E-state index contributed by atoms with van der Waals surface area (Å²) in [5.74, 6) is -0.860. The number of nitro benzene ring substituents is 1. The van der Waals surface area contributed by atoms with Crippen molar-refractivity contribution in [3.63, 3.8) is 0 Å². The standard InChI is InChI=1S/C19H18FN3O4/c20-15-7-5-14(6-8-15)13-18(24)21-9-11-22(12-10-21)19(25)16-3-1-2-4-17(16)23(26)27/h1-8H,9-13H2. The van der Waals surface area contributed by atoms with Crippen LogP contribution < -0.4 is 0 Å². The van der Waals surface area contributed by atoms with Crippen LogP contribution in [0.3, 0.4) is 0 Å². The van der Waals surface area contributed by atoms with Gasteiger partial charge in [0.15, 0.2) is 0 Å². The summed E-state index contributed by atoms with van der Waals surface area (Å²) in [7, 11) is 0. The number of hydrogen-bond acceptors (Lipinski definition) is 4. The van der Waals surface area contributed by atoms with Crippen molar-refractivity contribution in [2.45, 2.75) is 6.42 Å². The van der Waals surface area contributed by atoms with Crippen LogP contribution in [0.25, 0.3) is 0 Å². The number of piperazine rings is 1. The van der Waals surface area contributed by atoms with Crippen molar-refractivity contribution in [1.29, 1.82) is 0 Å². The molecular weight excluding hydrogens is 353 g/mol. The van der Waals surface area contributed by atoms with E-state index in [1.807, 2.05) is 0 Å². The zero-order chi connectivity index (χ0) is 19.4. The van der Waals surface area contributed by atoms with Crippen molar-refractivity contribution >= 4 is 17.5 Å². The molecule has 0 bridgehead atoms. The predicted octanol–water partition coefficient (Wildman–Crippen LogP) is 2.26. The van der Waals surface area contributed by atoms with E-state index in [1.165, 1.54) is 35.2 Å². The van der Waals surface area contributed by atoms with Gasteiger partial charge in [0.05, 0.1) is 11.3 Å². The minimum absolute atomic E-state index is 0.0496. The van der Waals surface area contributed by atoms with Gasteiger partial charge in [-0.15, -0.1) is 0 Å². The van der Waals surface area contributed by atoms with Crippen LogP contribution in [0.15, 0.2) is 48.5 Å². The minimum atomic E-state index is -0.574. The maximum atomic E-state index is 12.9. The van der Waals surface area contributed by atoms with E-state index in [0.29, 0.717) is 26.2 Å². The largest absolute Gasteiger partial charge is 0.339 e. The highest BCUT2D eigenvalue weighted by molar-refractivity contribution is 5.98. The normalized spacial score (nSPS) is 14.1. The van der Waals surface area contributed by atoms with Gasteiger partial charge in [0.25, 0.3) is 11.6 Å². The third kappa shape index (κ3) is 4.28. The molecule has 1 heterocycles. The monoisotopic (exact) mass is 371 g/mol. The molecule has 0 unspecified atom stereocenters. The zero-order valence-corrected chi connectivity index (χ0v) is 14.5. The number of nitro groups is 1. The second-order valence-corrected chi connectivity index (χ2v) is 6.25. The van der Waals surface area contributed by atoms with Crippen LogP contribution in [0.5, 0.6) is 0 Å². The molecule has 2 aromatic carbocycles. The van der Waals surface area contributed by atoms with Gasteiger partial charge in [0.2, 0.25) is 5.91 Å². The number of carbonyl (C=O) groups is 2. The third-order valence-electron chi connectivity index (χ3n) is 4.52. The number of para-hydroxylation sites is 1. The van der Waals surface area contributed by atoms with Crippen LogP contribution in [0, 0.1) is 15.9 Å². The highest BCUT2D eigenvalue weighted by Gasteiger charge is 2.28. The Labute approximate surface area is 155 Å². The number of carbonyl (C=O) groups excluding carboxylic acids is 2. The van der Waals surface area contributed by atoms with Gasteiger partial charge in [-0.3, -0.25) is 19.7 Å². The van der Waals surface area contributed by atoms with E-state index in [2.05, 4.69) is 0 Å². The topological polar surface area (TPSA) is 83.8 Å². The molecule has 2 aromatic rings. The highest BCUT2D eigenvalue weighted by Crippen LogP contribution is 2.20.